The van der Waals surface area contributed by atoms with E-state index in [0.29, 0.717) is 18.0 Å². The Balaban J connectivity index is 1.63. The highest BCUT2D eigenvalue weighted by atomic mass is 32.1. The summed E-state index contributed by atoms with van der Waals surface area (Å²) in [5.41, 5.74) is 1.63. The van der Waals surface area contributed by atoms with Gasteiger partial charge in [0.15, 0.2) is 11.8 Å². The molecule has 3 aromatic rings. The predicted molar refractivity (Wildman–Crippen MR) is 109 cm³/mol. The molecule has 2 aromatic carbocycles. The molecule has 1 heterocycles. The van der Waals surface area contributed by atoms with E-state index in [1.54, 1.807) is 23.6 Å². The van der Waals surface area contributed by atoms with Crippen LogP contribution in [-0.2, 0) is 9.53 Å². The van der Waals surface area contributed by atoms with Gasteiger partial charge in [-0.05, 0) is 26.0 Å². The van der Waals surface area contributed by atoms with Gasteiger partial charge in [-0.25, -0.2) is 9.78 Å². The summed E-state index contributed by atoms with van der Waals surface area (Å²) in [5.74, 6) is -0.526. The minimum Gasteiger partial charge on any atom is -0.492 e. The van der Waals surface area contributed by atoms with Gasteiger partial charge in [-0.15, -0.1) is 11.3 Å². The van der Waals surface area contributed by atoms with Crippen LogP contribution in [0.4, 0.5) is 5.69 Å². The maximum Gasteiger partial charge on any atom is 0.358 e. The average molecular weight is 396 g/mol. The number of ether oxygens (including phenoxy) is 2. The molecule has 1 amide bonds. The fourth-order valence-corrected chi connectivity index (χ4v) is 3.24. The first-order valence-corrected chi connectivity index (χ1v) is 9.71. The molecule has 0 fully saturated rings. The number of anilines is 1. The minimum atomic E-state index is -0.982. The molecule has 0 spiro atoms. The van der Waals surface area contributed by atoms with Crippen LogP contribution in [0.2, 0.25) is 0 Å². The normalized spacial score (nSPS) is 11.5. The Labute approximate surface area is 167 Å². The topological polar surface area (TPSA) is 77.5 Å². The van der Waals surface area contributed by atoms with E-state index in [4.69, 9.17) is 9.47 Å². The Bertz CT molecular complexity index is 956. The smallest absolute Gasteiger partial charge is 0.358 e. The van der Waals surface area contributed by atoms with Crippen molar-refractivity contribution in [3.63, 3.8) is 0 Å². The Kier molecular flexibility index (Phi) is 6.39. The molecule has 6 nitrogen and oxygen atoms in total. The van der Waals surface area contributed by atoms with Crippen LogP contribution in [-0.4, -0.2) is 29.6 Å². The van der Waals surface area contributed by atoms with Gasteiger partial charge in [0, 0.05) is 10.9 Å². The second kappa shape index (κ2) is 9.14. The van der Waals surface area contributed by atoms with E-state index in [2.05, 4.69) is 10.3 Å². The summed E-state index contributed by atoms with van der Waals surface area (Å²) in [7, 11) is 0. The number of carbonyl (C=O) groups excluding carboxylic acids is 2. The Morgan fingerprint density at radius 3 is 2.57 bits per heavy atom. The van der Waals surface area contributed by atoms with Crippen LogP contribution in [0.1, 0.15) is 24.3 Å². The molecule has 3 rings (SSSR count). The van der Waals surface area contributed by atoms with Gasteiger partial charge < -0.3 is 14.8 Å². The van der Waals surface area contributed by atoms with Gasteiger partial charge in [0.2, 0.25) is 0 Å². The van der Waals surface area contributed by atoms with Crippen molar-refractivity contribution < 1.29 is 19.1 Å². The molecule has 0 bridgehead atoms. The van der Waals surface area contributed by atoms with Crippen LogP contribution in [0, 0.1) is 0 Å². The molecule has 1 unspecified atom stereocenters. The number of rotatable bonds is 7. The third-order valence-corrected chi connectivity index (χ3v) is 4.72. The van der Waals surface area contributed by atoms with Crippen molar-refractivity contribution in [2.75, 3.05) is 11.9 Å². The lowest BCUT2D eigenvalue weighted by molar-refractivity contribution is -0.123. The zero-order valence-corrected chi connectivity index (χ0v) is 16.4. The van der Waals surface area contributed by atoms with Crippen LogP contribution in [0.3, 0.4) is 0 Å². The van der Waals surface area contributed by atoms with Gasteiger partial charge in [0.25, 0.3) is 5.91 Å². The van der Waals surface area contributed by atoms with Crippen molar-refractivity contribution in [1.29, 1.82) is 0 Å². The van der Waals surface area contributed by atoms with E-state index in [9.17, 15) is 9.59 Å². The Morgan fingerprint density at radius 2 is 1.82 bits per heavy atom. The highest BCUT2D eigenvalue weighted by Gasteiger charge is 2.22. The molecule has 1 N–H and O–H groups in total. The molecule has 0 radical (unpaired) electrons. The summed E-state index contributed by atoms with van der Waals surface area (Å²) < 4.78 is 10.8. The van der Waals surface area contributed by atoms with Gasteiger partial charge in [-0.2, -0.15) is 0 Å². The Hall–Kier alpha value is -3.19. The first kappa shape index (κ1) is 19.6. The van der Waals surface area contributed by atoms with Gasteiger partial charge in [0.05, 0.1) is 12.3 Å². The lowest BCUT2D eigenvalue weighted by atomic mass is 10.2. The van der Waals surface area contributed by atoms with Crippen molar-refractivity contribution in [3.8, 4) is 16.3 Å². The number of nitrogens with zero attached hydrogens (tertiary/aromatic N) is 1. The first-order chi connectivity index (χ1) is 13.6. The molecule has 0 saturated heterocycles. The third kappa shape index (κ3) is 4.75. The van der Waals surface area contributed by atoms with E-state index < -0.39 is 18.0 Å². The number of aromatic nitrogens is 1. The molecule has 0 aliphatic rings. The number of carbonyl (C=O) groups is 2. The van der Waals surface area contributed by atoms with Crippen LogP contribution in [0.25, 0.3) is 10.6 Å². The second-order valence-electron chi connectivity index (χ2n) is 5.87. The van der Waals surface area contributed by atoms with E-state index >= 15 is 0 Å². The number of benzene rings is 2. The SMILES string of the molecule is CCOc1ccccc1NC(=O)C(C)OC(=O)c1csc(-c2ccccc2)n1. The van der Waals surface area contributed by atoms with Gasteiger partial charge in [0.1, 0.15) is 10.8 Å². The van der Waals surface area contributed by atoms with E-state index in [1.165, 1.54) is 18.3 Å². The summed E-state index contributed by atoms with van der Waals surface area (Å²) in [4.78, 5) is 29.1. The fourth-order valence-electron chi connectivity index (χ4n) is 2.44. The van der Waals surface area contributed by atoms with Crippen molar-refractivity contribution in [2.24, 2.45) is 0 Å². The third-order valence-electron chi connectivity index (χ3n) is 3.83. The van der Waals surface area contributed by atoms with Gasteiger partial charge in [-0.3, -0.25) is 4.79 Å². The number of esters is 1. The number of thiazole rings is 1. The van der Waals surface area contributed by atoms with E-state index in [1.807, 2.05) is 43.3 Å². The first-order valence-electron chi connectivity index (χ1n) is 8.83. The largest absolute Gasteiger partial charge is 0.492 e. The molecule has 28 heavy (non-hydrogen) atoms. The Morgan fingerprint density at radius 1 is 1.11 bits per heavy atom. The van der Waals surface area contributed by atoms with Gasteiger partial charge >= 0.3 is 5.97 Å². The van der Waals surface area contributed by atoms with Crippen molar-refractivity contribution in [3.05, 3.63) is 65.7 Å². The summed E-state index contributed by atoms with van der Waals surface area (Å²) in [5, 5.41) is 5.07. The number of para-hydroxylation sites is 2. The zero-order valence-electron chi connectivity index (χ0n) is 15.5. The van der Waals surface area contributed by atoms with Crippen LogP contribution < -0.4 is 10.1 Å². The lowest BCUT2D eigenvalue weighted by Gasteiger charge is -2.15. The monoisotopic (exact) mass is 396 g/mol. The lowest BCUT2D eigenvalue weighted by Crippen LogP contribution is -2.30. The summed E-state index contributed by atoms with van der Waals surface area (Å²) in [6.07, 6.45) is -0.982. The maximum absolute atomic E-state index is 12.4. The van der Waals surface area contributed by atoms with Crippen LogP contribution in [0.5, 0.6) is 5.75 Å². The predicted octanol–water partition coefficient (Wildman–Crippen LogP) is 4.39. The zero-order chi connectivity index (χ0) is 19.9. The summed E-state index contributed by atoms with van der Waals surface area (Å²) >= 11 is 1.35. The van der Waals surface area contributed by atoms with Crippen LogP contribution in [0.15, 0.2) is 60.0 Å². The van der Waals surface area contributed by atoms with Crippen molar-refractivity contribution >= 4 is 28.9 Å². The van der Waals surface area contributed by atoms with Gasteiger partial charge in [-0.1, -0.05) is 42.5 Å². The molecule has 7 heteroatoms. The molecule has 0 saturated carbocycles. The average Bonchev–Trinajstić information content (AvgIpc) is 3.21. The number of hydrogen-bond acceptors (Lipinski definition) is 6. The maximum atomic E-state index is 12.4. The number of hydrogen-bond donors (Lipinski definition) is 1. The van der Waals surface area contributed by atoms with E-state index in [0.717, 1.165) is 10.6 Å². The standard InChI is InChI=1S/C21H20N2O4S/c1-3-26-18-12-8-7-11-16(18)22-19(24)14(2)27-21(25)17-13-28-20(23-17)15-9-5-4-6-10-15/h4-14H,3H2,1-2H3,(H,22,24). The highest BCUT2D eigenvalue weighted by molar-refractivity contribution is 7.13. The minimum absolute atomic E-state index is 0.179. The number of amides is 1. The summed E-state index contributed by atoms with van der Waals surface area (Å²) in [6, 6.07) is 16.6. The molecule has 0 aliphatic heterocycles. The quantitative estimate of drug-likeness (QED) is 0.599. The van der Waals surface area contributed by atoms with Crippen molar-refractivity contribution in [2.45, 2.75) is 20.0 Å². The molecule has 144 valence electrons. The summed E-state index contributed by atoms with van der Waals surface area (Å²) in [6.45, 7) is 3.85. The highest BCUT2D eigenvalue weighted by Crippen LogP contribution is 2.25. The van der Waals surface area contributed by atoms with E-state index in [-0.39, 0.29) is 5.69 Å². The molecular formula is C21H20N2O4S. The second-order valence-corrected chi connectivity index (χ2v) is 6.73. The number of nitrogens with one attached hydrogen (secondary N) is 1. The molecule has 1 atom stereocenters. The van der Waals surface area contributed by atoms with Crippen molar-refractivity contribution in [1.82, 2.24) is 4.98 Å². The fraction of sp³-hybridized carbons (Fsp3) is 0.190. The molecule has 0 aliphatic carbocycles. The van der Waals surface area contributed by atoms with Crippen LogP contribution >= 0.6 is 11.3 Å². The molecule has 1 aromatic heterocycles. The molecular weight excluding hydrogens is 376 g/mol.